The Labute approximate surface area is 141 Å². The number of aromatic nitrogens is 1. The van der Waals surface area contributed by atoms with Gasteiger partial charge in [0.25, 0.3) is 5.91 Å². The Morgan fingerprint density at radius 2 is 2.17 bits per heavy atom. The summed E-state index contributed by atoms with van der Waals surface area (Å²) in [4.78, 5) is 16.6. The molecule has 1 amide bonds. The summed E-state index contributed by atoms with van der Waals surface area (Å²) >= 11 is 1.45. The van der Waals surface area contributed by atoms with Crippen molar-refractivity contribution in [2.45, 2.75) is 25.8 Å². The molecule has 1 N–H and O–H groups in total. The topological polar surface area (TPSA) is 88.6 Å². The lowest BCUT2D eigenvalue weighted by Crippen LogP contribution is -2.43. The first-order valence-corrected chi connectivity index (χ1v) is 9.94. The predicted molar refractivity (Wildman–Crippen MR) is 89.2 cm³/mol. The van der Waals surface area contributed by atoms with Crippen molar-refractivity contribution < 1.29 is 17.9 Å². The molecule has 2 rings (SSSR count). The van der Waals surface area contributed by atoms with Crippen LogP contribution in [0.25, 0.3) is 0 Å². The van der Waals surface area contributed by atoms with Crippen LogP contribution in [0.1, 0.15) is 35.3 Å². The van der Waals surface area contributed by atoms with Crippen molar-refractivity contribution in [1.82, 2.24) is 14.6 Å². The summed E-state index contributed by atoms with van der Waals surface area (Å²) in [5, 5.41) is 5.49. The third kappa shape index (κ3) is 4.50. The Morgan fingerprint density at radius 3 is 2.74 bits per heavy atom. The first kappa shape index (κ1) is 18.3. The summed E-state index contributed by atoms with van der Waals surface area (Å²) in [6, 6.07) is -0.318. The van der Waals surface area contributed by atoms with E-state index in [1.165, 1.54) is 29.7 Å². The number of nitrogens with zero attached hydrogens (tertiary/aromatic N) is 2. The van der Waals surface area contributed by atoms with Gasteiger partial charge in [-0.2, -0.15) is 0 Å². The maximum atomic E-state index is 12.3. The van der Waals surface area contributed by atoms with E-state index in [4.69, 9.17) is 4.74 Å². The normalized spacial score (nSPS) is 22.0. The fourth-order valence-corrected chi connectivity index (χ4v) is 4.22. The average Bonchev–Trinajstić information content (AvgIpc) is 3.08. The number of nitrogens with one attached hydrogen (secondary N) is 1. The fraction of sp³-hybridized carbons (Fsp3) is 0.714. The van der Waals surface area contributed by atoms with E-state index in [1.54, 1.807) is 5.38 Å². The van der Waals surface area contributed by atoms with Crippen LogP contribution in [-0.2, 0) is 14.8 Å². The molecule has 7 nitrogen and oxygen atoms in total. The molecule has 1 fully saturated rings. The Balaban J connectivity index is 2.01. The zero-order valence-corrected chi connectivity index (χ0v) is 15.4. The number of rotatable bonds is 6. The van der Waals surface area contributed by atoms with Crippen molar-refractivity contribution in [3.63, 3.8) is 0 Å². The second-order valence-corrected chi connectivity index (χ2v) is 9.28. The van der Waals surface area contributed by atoms with Crippen molar-refractivity contribution in [3.8, 4) is 0 Å². The van der Waals surface area contributed by atoms with Gasteiger partial charge in [0, 0.05) is 31.3 Å². The van der Waals surface area contributed by atoms with Crippen molar-refractivity contribution in [3.05, 3.63) is 16.1 Å². The zero-order valence-electron chi connectivity index (χ0n) is 13.8. The molecule has 2 heterocycles. The smallest absolute Gasteiger partial charge is 0.271 e. The van der Waals surface area contributed by atoms with Crippen molar-refractivity contribution in [2.75, 3.05) is 33.1 Å². The summed E-state index contributed by atoms with van der Waals surface area (Å²) in [6.45, 7) is 4.69. The second-order valence-electron chi connectivity index (χ2n) is 6.16. The summed E-state index contributed by atoms with van der Waals surface area (Å²) in [5.41, 5.74) is 0.375. The molecule has 0 aliphatic carbocycles. The van der Waals surface area contributed by atoms with Crippen molar-refractivity contribution in [2.24, 2.45) is 5.92 Å². The quantitative estimate of drug-likeness (QED) is 0.813. The summed E-state index contributed by atoms with van der Waals surface area (Å²) in [5.74, 6) is -0.306. The van der Waals surface area contributed by atoms with E-state index in [0.29, 0.717) is 18.9 Å². The molecule has 0 spiro atoms. The van der Waals surface area contributed by atoms with Crippen LogP contribution in [0, 0.1) is 5.92 Å². The van der Waals surface area contributed by atoms with Gasteiger partial charge in [-0.25, -0.2) is 17.7 Å². The first-order valence-electron chi connectivity index (χ1n) is 7.45. The third-order valence-electron chi connectivity index (χ3n) is 3.74. The van der Waals surface area contributed by atoms with E-state index in [-0.39, 0.29) is 29.5 Å². The van der Waals surface area contributed by atoms with Crippen LogP contribution in [-0.4, -0.2) is 62.7 Å². The molecule has 1 aliphatic rings. The van der Waals surface area contributed by atoms with E-state index < -0.39 is 10.0 Å². The van der Waals surface area contributed by atoms with Crippen LogP contribution in [0.5, 0.6) is 0 Å². The number of amides is 1. The molecule has 1 saturated heterocycles. The van der Waals surface area contributed by atoms with Crippen LogP contribution in [0.3, 0.4) is 0 Å². The summed E-state index contributed by atoms with van der Waals surface area (Å²) in [7, 11) is -0.331. The SMILES string of the molecule is CC(C)c1nc(C(=O)N[C@@H]2COC[C@H]2CS(=O)(=O)N(C)C)cs1. The first-order chi connectivity index (χ1) is 10.7. The van der Waals surface area contributed by atoms with Gasteiger partial charge in [-0.1, -0.05) is 13.8 Å². The predicted octanol–water partition coefficient (Wildman–Crippen LogP) is 0.903. The lowest BCUT2D eigenvalue weighted by molar-refractivity contribution is 0.0921. The molecule has 130 valence electrons. The number of carbonyl (C=O) groups is 1. The minimum absolute atomic E-state index is 0.0424. The second kappa shape index (κ2) is 7.25. The highest BCUT2D eigenvalue weighted by Gasteiger charge is 2.34. The number of sulfonamides is 1. The zero-order chi connectivity index (χ0) is 17.2. The Morgan fingerprint density at radius 1 is 1.48 bits per heavy atom. The van der Waals surface area contributed by atoms with E-state index in [1.807, 2.05) is 13.8 Å². The van der Waals surface area contributed by atoms with Gasteiger partial charge in [-0.05, 0) is 0 Å². The molecule has 0 aromatic carbocycles. The number of hydrogen-bond acceptors (Lipinski definition) is 6. The minimum atomic E-state index is -3.33. The highest BCUT2D eigenvalue weighted by molar-refractivity contribution is 7.89. The maximum absolute atomic E-state index is 12.3. The summed E-state index contributed by atoms with van der Waals surface area (Å²) in [6.07, 6.45) is 0. The van der Waals surface area contributed by atoms with Gasteiger partial charge < -0.3 is 10.1 Å². The molecule has 0 unspecified atom stereocenters. The van der Waals surface area contributed by atoms with Gasteiger partial charge in [0.1, 0.15) is 5.69 Å². The molecule has 0 bridgehead atoms. The molecule has 1 aliphatic heterocycles. The molecule has 0 radical (unpaired) electrons. The summed E-state index contributed by atoms with van der Waals surface area (Å²) < 4.78 is 30.6. The van der Waals surface area contributed by atoms with E-state index in [9.17, 15) is 13.2 Å². The van der Waals surface area contributed by atoms with Crippen LogP contribution < -0.4 is 5.32 Å². The Bertz CT molecular complexity index is 655. The molecule has 23 heavy (non-hydrogen) atoms. The lowest BCUT2D eigenvalue weighted by Gasteiger charge is -2.20. The van der Waals surface area contributed by atoms with E-state index in [0.717, 1.165) is 5.01 Å². The van der Waals surface area contributed by atoms with Crippen LogP contribution >= 0.6 is 11.3 Å². The van der Waals surface area contributed by atoms with Gasteiger partial charge in [0.2, 0.25) is 10.0 Å². The number of ether oxygens (including phenoxy) is 1. The van der Waals surface area contributed by atoms with Crippen molar-refractivity contribution >= 4 is 27.3 Å². The molecule has 2 atom stereocenters. The van der Waals surface area contributed by atoms with Crippen molar-refractivity contribution in [1.29, 1.82) is 0 Å². The minimum Gasteiger partial charge on any atom is -0.379 e. The Kier molecular flexibility index (Phi) is 5.77. The molecular formula is C14H23N3O4S2. The largest absolute Gasteiger partial charge is 0.379 e. The van der Waals surface area contributed by atoms with Gasteiger partial charge in [0.05, 0.1) is 30.0 Å². The lowest BCUT2D eigenvalue weighted by atomic mass is 10.1. The molecule has 1 aromatic heterocycles. The number of hydrogen-bond donors (Lipinski definition) is 1. The molecular weight excluding hydrogens is 338 g/mol. The molecule has 9 heteroatoms. The Hall–Kier alpha value is -1.03. The highest BCUT2D eigenvalue weighted by Crippen LogP contribution is 2.21. The van der Waals surface area contributed by atoms with Gasteiger partial charge in [-0.3, -0.25) is 4.79 Å². The molecule has 0 saturated carbocycles. The average molecular weight is 361 g/mol. The highest BCUT2D eigenvalue weighted by atomic mass is 32.2. The van der Waals surface area contributed by atoms with Gasteiger partial charge in [-0.15, -0.1) is 11.3 Å². The monoisotopic (exact) mass is 361 g/mol. The fourth-order valence-electron chi connectivity index (χ4n) is 2.24. The standard InChI is InChI=1S/C14H23N3O4S2/c1-9(2)14-16-12(7-22-14)13(18)15-11-6-21-5-10(11)8-23(19,20)17(3)4/h7,9-11H,5-6,8H2,1-4H3,(H,15,18)/t10-,11+/m0/s1. The molecule has 1 aromatic rings. The van der Waals surface area contributed by atoms with Crippen LogP contribution in [0.15, 0.2) is 5.38 Å². The van der Waals surface area contributed by atoms with E-state index in [2.05, 4.69) is 10.3 Å². The van der Waals surface area contributed by atoms with E-state index >= 15 is 0 Å². The maximum Gasteiger partial charge on any atom is 0.271 e. The van der Waals surface area contributed by atoms with Gasteiger partial charge >= 0.3 is 0 Å². The number of thiazole rings is 1. The third-order valence-corrected chi connectivity index (χ3v) is 6.85. The van der Waals surface area contributed by atoms with Crippen LogP contribution in [0.4, 0.5) is 0 Å². The van der Waals surface area contributed by atoms with Gasteiger partial charge in [0.15, 0.2) is 0 Å². The van der Waals surface area contributed by atoms with Crippen LogP contribution in [0.2, 0.25) is 0 Å². The number of carbonyl (C=O) groups excluding carboxylic acids is 1.